The van der Waals surface area contributed by atoms with Gasteiger partial charge in [0.25, 0.3) is 0 Å². The molecule has 1 aromatic heterocycles. The molecule has 2 N–H and O–H groups in total. The molecule has 0 radical (unpaired) electrons. The highest BCUT2D eigenvalue weighted by Gasteiger charge is 2.08. The van der Waals surface area contributed by atoms with Gasteiger partial charge in [0.1, 0.15) is 11.5 Å². The highest BCUT2D eigenvalue weighted by Crippen LogP contribution is 2.24. The molecule has 0 spiro atoms. The number of rotatable bonds is 4. The summed E-state index contributed by atoms with van der Waals surface area (Å²) in [5.74, 6) is 0.924. The van der Waals surface area contributed by atoms with Crippen molar-refractivity contribution < 1.29 is 9.21 Å². The molecule has 0 aliphatic heterocycles. The van der Waals surface area contributed by atoms with Crippen LogP contribution in [-0.2, 0) is 4.79 Å². The highest BCUT2D eigenvalue weighted by molar-refractivity contribution is 7.80. The monoisotopic (exact) mass is 424 g/mol. The third kappa shape index (κ3) is 5.56. The average molecular weight is 425 g/mol. The first-order valence-electron chi connectivity index (χ1n) is 9.05. The van der Waals surface area contributed by atoms with E-state index in [1.54, 1.807) is 24.3 Å². The van der Waals surface area contributed by atoms with Crippen molar-refractivity contribution in [1.29, 1.82) is 0 Å². The average Bonchev–Trinajstić information content (AvgIpc) is 3.12. The van der Waals surface area contributed by atoms with Gasteiger partial charge in [0.05, 0.1) is 0 Å². The van der Waals surface area contributed by atoms with E-state index >= 15 is 0 Å². The number of nitrogens with one attached hydrogen (secondary N) is 2. The van der Waals surface area contributed by atoms with Crippen LogP contribution in [0.5, 0.6) is 0 Å². The second kappa shape index (κ2) is 9.07. The minimum atomic E-state index is -0.339. The summed E-state index contributed by atoms with van der Waals surface area (Å²) in [5, 5.41) is 6.66. The lowest BCUT2D eigenvalue weighted by molar-refractivity contribution is -0.115. The fourth-order valence-corrected chi connectivity index (χ4v) is 3.37. The van der Waals surface area contributed by atoms with Crippen molar-refractivity contribution in [3.63, 3.8) is 0 Å². The number of carbonyl (C=O) groups excluding carboxylic acids is 1. The lowest BCUT2D eigenvalue weighted by Crippen LogP contribution is -2.33. The number of furan rings is 1. The van der Waals surface area contributed by atoms with E-state index < -0.39 is 0 Å². The van der Waals surface area contributed by atoms with Gasteiger partial charge in [-0.1, -0.05) is 29.3 Å². The van der Waals surface area contributed by atoms with E-state index in [2.05, 4.69) is 22.8 Å². The molecular formula is C23H21ClN2O2S. The van der Waals surface area contributed by atoms with Crippen LogP contribution in [0.1, 0.15) is 22.5 Å². The third-order valence-corrected chi connectivity index (χ3v) is 4.76. The molecule has 0 saturated carbocycles. The van der Waals surface area contributed by atoms with Gasteiger partial charge in [0.2, 0.25) is 5.91 Å². The van der Waals surface area contributed by atoms with Crippen LogP contribution in [0.3, 0.4) is 0 Å². The van der Waals surface area contributed by atoms with E-state index in [-0.39, 0.29) is 11.0 Å². The Kier molecular flexibility index (Phi) is 6.52. The largest absolute Gasteiger partial charge is 0.457 e. The molecule has 1 heterocycles. The van der Waals surface area contributed by atoms with Gasteiger partial charge < -0.3 is 9.73 Å². The van der Waals surface area contributed by atoms with Crippen molar-refractivity contribution in [2.24, 2.45) is 0 Å². The van der Waals surface area contributed by atoms with Gasteiger partial charge in [-0.05, 0) is 86.6 Å². The van der Waals surface area contributed by atoms with Crippen LogP contribution in [-0.4, -0.2) is 11.0 Å². The number of thiocarbonyl (C=S) groups is 1. The smallest absolute Gasteiger partial charge is 0.250 e. The quantitative estimate of drug-likeness (QED) is 0.395. The normalized spacial score (nSPS) is 10.9. The second-order valence-corrected chi connectivity index (χ2v) is 7.60. The Morgan fingerprint density at radius 2 is 1.69 bits per heavy atom. The molecule has 4 nitrogen and oxygen atoms in total. The first-order chi connectivity index (χ1) is 13.8. The number of hydrogen-bond acceptors (Lipinski definition) is 3. The molecule has 6 heteroatoms. The molecule has 0 fully saturated rings. The zero-order chi connectivity index (χ0) is 21.0. The third-order valence-electron chi connectivity index (χ3n) is 4.31. The summed E-state index contributed by atoms with van der Waals surface area (Å²) < 4.78 is 5.74. The van der Waals surface area contributed by atoms with E-state index in [0.717, 1.165) is 22.4 Å². The zero-order valence-corrected chi connectivity index (χ0v) is 17.9. The Morgan fingerprint density at radius 3 is 2.34 bits per heavy atom. The molecule has 0 atom stereocenters. The number of hydrogen-bond donors (Lipinski definition) is 2. The number of anilines is 1. The standard InChI is InChI=1S/C23H21ClN2O2S/c1-14-12-15(2)22(16(3)13-14)26-23(29)25-21(27)11-9-19-8-10-20(28-19)17-4-6-18(24)7-5-17/h4-13H,1-3H3,(H2,25,26,27,29). The number of halogens is 1. The molecule has 29 heavy (non-hydrogen) atoms. The van der Waals surface area contributed by atoms with E-state index in [4.69, 9.17) is 28.2 Å². The van der Waals surface area contributed by atoms with Gasteiger partial charge in [-0.15, -0.1) is 0 Å². The molecule has 0 bridgehead atoms. The van der Waals surface area contributed by atoms with E-state index in [9.17, 15) is 4.79 Å². The van der Waals surface area contributed by atoms with Crippen molar-refractivity contribution in [1.82, 2.24) is 5.32 Å². The SMILES string of the molecule is Cc1cc(C)c(NC(=S)NC(=O)C=Cc2ccc(-c3ccc(Cl)cc3)o2)c(C)c1. The lowest BCUT2D eigenvalue weighted by atomic mass is 10.1. The first kappa shape index (κ1) is 20.8. The van der Waals surface area contributed by atoms with Crippen LogP contribution in [0.2, 0.25) is 5.02 Å². The molecule has 1 amide bonds. The maximum absolute atomic E-state index is 12.2. The van der Waals surface area contributed by atoms with Crippen molar-refractivity contribution in [3.8, 4) is 11.3 Å². The maximum Gasteiger partial charge on any atom is 0.250 e. The number of amides is 1. The Labute approximate surface area is 180 Å². The molecule has 2 aromatic carbocycles. The van der Waals surface area contributed by atoms with Crippen molar-refractivity contribution in [3.05, 3.63) is 82.1 Å². The van der Waals surface area contributed by atoms with Crippen LogP contribution in [0.4, 0.5) is 5.69 Å². The summed E-state index contributed by atoms with van der Waals surface area (Å²) in [5.41, 5.74) is 5.14. The van der Waals surface area contributed by atoms with Crippen LogP contribution in [0.25, 0.3) is 17.4 Å². The number of aryl methyl sites for hydroxylation is 3. The van der Waals surface area contributed by atoms with E-state index in [1.165, 1.54) is 11.6 Å². The van der Waals surface area contributed by atoms with E-state index in [1.807, 2.05) is 39.0 Å². The van der Waals surface area contributed by atoms with Crippen molar-refractivity contribution in [2.75, 3.05) is 5.32 Å². The Balaban J connectivity index is 1.60. The number of carbonyl (C=O) groups is 1. The van der Waals surface area contributed by atoms with Gasteiger partial charge in [-0.25, -0.2) is 0 Å². The molecule has 0 unspecified atom stereocenters. The predicted octanol–water partition coefficient (Wildman–Crippen LogP) is 6.05. The van der Waals surface area contributed by atoms with Gasteiger partial charge in [0.15, 0.2) is 5.11 Å². The summed E-state index contributed by atoms with van der Waals surface area (Å²) in [6.45, 7) is 6.05. The molecule has 0 aliphatic rings. The van der Waals surface area contributed by atoms with Gasteiger partial charge in [-0.3, -0.25) is 10.1 Å². The Bertz CT molecular complexity index is 1060. The first-order valence-corrected chi connectivity index (χ1v) is 9.84. The molecule has 0 aliphatic carbocycles. The van der Waals surface area contributed by atoms with Crippen LogP contribution in [0.15, 0.2) is 59.0 Å². The topological polar surface area (TPSA) is 54.3 Å². The minimum absolute atomic E-state index is 0.246. The summed E-state index contributed by atoms with van der Waals surface area (Å²) in [6.07, 6.45) is 2.98. The number of benzene rings is 2. The lowest BCUT2D eigenvalue weighted by Gasteiger charge is -2.14. The minimum Gasteiger partial charge on any atom is -0.457 e. The molecule has 3 aromatic rings. The molecule has 148 valence electrons. The highest BCUT2D eigenvalue weighted by atomic mass is 35.5. The zero-order valence-electron chi connectivity index (χ0n) is 16.4. The van der Waals surface area contributed by atoms with Crippen LogP contribution in [0, 0.1) is 20.8 Å². The van der Waals surface area contributed by atoms with Crippen LogP contribution < -0.4 is 10.6 Å². The fraction of sp³-hybridized carbons (Fsp3) is 0.130. The fourth-order valence-electron chi connectivity index (χ4n) is 3.05. The van der Waals surface area contributed by atoms with Crippen molar-refractivity contribution >= 4 is 46.6 Å². The summed E-state index contributed by atoms with van der Waals surface area (Å²) >= 11 is 11.2. The van der Waals surface area contributed by atoms with Gasteiger partial charge in [-0.2, -0.15) is 0 Å². The maximum atomic E-state index is 12.2. The van der Waals surface area contributed by atoms with Gasteiger partial charge >= 0.3 is 0 Å². The molecular weight excluding hydrogens is 404 g/mol. The van der Waals surface area contributed by atoms with Crippen LogP contribution >= 0.6 is 23.8 Å². The Morgan fingerprint density at radius 1 is 1.03 bits per heavy atom. The second-order valence-electron chi connectivity index (χ2n) is 6.76. The predicted molar refractivity (Wildman–Crippen MR) is 123 cm³/mol. The summed E-state index contributed by atoms with van der Waals surface area (Å²) in [7, 11) is 0. The summed E-state index contributed by atoms with van der Waals surface area (Å²) in [4.78, 5) is 12.2. The van der Waals surface area contributed by atoms with Crippen molar-refractivity contribution in [2.45, 2.75) is 20.8 Å². The summed E-state index contributed by atoms with van der Waals surface area (Å²) in [6, 6.07) is 15.1. The Hall–Kier alpha value is -2.89. The molecule has 0 saturated heterocycles. The van der Waals surface area contributed by atoms with Gasteiger partial charge in [0, 0.05) is 22.3 Å². The van der Waals surface area contributed by atoms with E-state index in [0.29, 0.717) is 16.5 Å². The molecule has 3 rings (SSSR count).